The largest absolute Gasteiger partial charge is 0.494 e. The Balaban J connectivity index is 1.42. The van der Waals surface area contributed by atoms with Gasteiger partial charge in [-0.1, -0.05) is 0 Å². The van der Waals surface area contributed by atoms with Crippen molar-refractivity contribution in [3.63, 3.8) is 0 Å². The molecular formula is C20H23N3O3. The zero-order valence-electron chi connectivity index (χ0n) is 15.1. The van der Waals surface area contributed by atoms with Gasteiger partial charge in [0.2, 0.25) is 0 Å². The smallest absolute Gasteiger partial charge is 0.257 e. The number of aryl methyl sites for hydroxylation is 1. The summed E-state index contributed by atoms with van der Waals surface area (Å²) in [6, 6.07) is 11.3. The SMILES string of the molecule is CCOc1ccc(OCC(=O)NCCc2cn3ccc(C)cc3n2)cc1. The summed E-state index contributed by atoms with van der Waals surface area (Å²) < 4.78 is 12.8. The van der Waals surface area contributed by atoms with E-state index in [4.69, 9.17) is 9.47 Å². The summed E-state index contributed by atoms with van der Waals surface area (Å²) in [5, 5.41) is 2.85. The Kier molecular flexibility index (Phi) is 5.73. The number of hydrogen-bond donors (Lipinski definition) is 1. The van der Waals surface area contributed by atoms with Crippen molar-refractivity contribution >= 4 is 11.6 Å². The number of ether oxygens (including phenoxy) is 2. The predicted molar refractivity (Wildman–Crippen MR) is 99.7 cm³/mol. The zero-order chi connectivity index (χ0) is 18.4. The zero-order valence-corrected chi connectivity index (χ0v) is 15.1. The number of hydrogen-bond acceptors (Lipinski definition) is 4. The number of nitrogens with one attached hydrogen (secondary N) is 1. The number of carbonyl (C=O) groups excluding carboxylic acids is 1. The van der Waals surface area contributed by atoms with Gasteiger partial charge in [-0.15, -0.1) is 0 Å². The van der Waals surface area contributed by atoms with Crippen LogP contribution in [0.1, 0.15) is 18.2 Å². The van der Waals surface area contributed by atoms with Crippen LogP contribution in [0, 0.1) is 6.92 Å². The number of fused-ring (bicyclic) bond motifs is 1. The van der Waals surface area contributed by atoms with Gasteiger partial charge < -0.3 is 19.2 Å². The number of pyridine rings is 1. The number of nitrogens with zero attached hydrogens (tertiary/aromatic N) is 2. The lowest BCUT2D eigenvalue weighted by atomic mass is 10.3. The number of benzene rings is 1. The molecule has 1 amide bonds. The Morgan fingerprint density at radius 3 is 2.62 bits per heavy atom. The Morgan fingerprint density at radius 2 is 1.88 bits per heavy atom. The van der Waals surface area contributed by atoms with Crippen molar-refractivity contribution in [3.8, 4) is 11.5 Å². The molecule has 0 aliphatic carbocycles. The second kappa shape index (κ2) is 8.38. The van der Waals surface area contributed by atoms with Gasteiger partial charge >= 0.3 is 0 Å². The van der Waals surface area contributed by atoms with E-state index in [1.807, 2.05) is 54.9 Å². The van der Waals surface area contributed by atoms with Crippen molar-refractivity contribution in [1.29, 1.82) is 0 Å². The van der Waals surface area contributed by atoms with E-state index in [1.165, 1.54) is 5.56 Å². The van der Waals surface area contributed by atoms with Gasteiger partial charge in [-0.25, -0.2) is 4.98 Å². The fourth-order valence-electron chi connectivity index (χ4n) is 2.59. The van der Waals surface area contributed by atoms with Gasteiger partial charge in [0.15, 0.2) is 6.61 Å². The molecule has 3 rings (SSSR count). The molecule has 136 valence electrons. The molecule has 0 fully saturated rings. The van der Waals surface area contributed by atoms with E-state index < -0.39 is 0 Å². The Labute approximate surface area is 152 Å². The van der Waals surface area contributed by atoms with Crippen molar-refractivity contribution in [3.05, 3.63) is 60.0 Å². The molecule has 0 aliphatic heterocycles. The summed E-state index contributed by atoms with van der Waals surface area (Å²) in [5.41, 5.74) is 3.04. The van der Waals surface area contributed by atoms with Crippen LogP contribution in [-0.2, 0) is 11.2 Å². The van der Waals surface area contributed by atoms with Gasteiger partial charge in [0.25, 0.3) is 5.91 Å². The highest BCUT2D eigenvalue weighted by Crippen LogP contribution is 2.17. The van der Waals surface area contributed by atoms with Gasteiger partial charge in [-0.05, 0) is 55.8 Å². The first-order valence-electron chi connectivity index (χ1n) is 8.70. The molecule has 2 aromatic heterocycles. The van der Waals surface area contributed by atoms with Gasteiger partial charge in [-0.3, -0.25) is 4.79 Å². The number of amides is 1. The average Bonchev–Trinajstić information content (AvgIpc) is 3.03. The lowest BCUT2D eigenvalue weighted by molar-refractivity contribution is -0.123. The van der Waals surface area contributed by atoms with Crippen molar-refractivity contribution < 1.29 is 14.3 Å². The number of rotatable bonds is 8. The standard InChI is InChI=1S/C20H23N3O3/c1-3-25-17-4-6-18(7-5-17)26-14-20(24)21-10-8-16-13-23-11-9-15(2)12-19(23)22-16/h4-7,9,11-13H,3,8,10,14H2,1-2H3,(H,21,24). The number of carbonyl (C=O) groups is 1. The first-order valence-corrected chi connectivity index (χ1v) is 8.70. The minimum absolute atomic E-state index is 0.0155. The number of aromatic nitrogens is 2. The molecular weight excluding hydrogens is 330 g/mol. The van der Waals surface area contributed by atoms with Crippen LogP contribution in [0.15, 0.2) is 48.8 Å². The van der Waals surface area contributed by atoms with Gasteiger partial charge in [-0.2, -0.15) is 0 Å². The minimum atomic E-state index is -0.154. The van der Waals surface area contributed by atoms with Crippen molar-refractivity contribution in [2.75, 3.05) is 19.8 Å². The molecule has 0 bridgehead atoms. The maximum absolute atomic E-state index is 11.9. The van der Waals surface area contributed by atoms with Gasteiger partial charge in [0.05, 0.1) is 12.3 Å². The van der Waals surface area contributed by atoms with Crippen LogP contribution in [0.4, 0.5) is 0 Å². The van der Waals surface area contributed by atoms with Crippen molar-refractivity contribution in [2.24, 2.45) is 0 Å². The topological polar surface area (TPSA) is 64.9 Å². The third-order valence-electron chi connectivity index (χ3n) is 3.87. The number of imidazole rings is 1. The summed E-state index contributed by atoms with van der Waals surface area (Å²) in [7, 11) is 0. The Hall–Kier alpha value is -3.02. The maximum Gasteiger partial charge on any atom is 0.257 e. The van der Waals surface area contributed by atoms with Crippen molar-refractivity contribution in [1.82, 2.24) is 14.7 Å². The monoisotopic (exact) mass is 353 g/mol. The second-order valence-corrected chi connectivity index (χ2v) is 5.99. The molecule has 1 aromatic carbocycles. The molecule has 0 radical (unpaired) electrons. The van der Waals surface area contributed by atoms with Crippen LogP contribution in [0.5, 0.6) is 11.5 Å². The summed E-state index contributed by atoms with van der Waals surface area (Å²) in [6.07, 6.45) is 4.65. The summed E-state index contributed by atoms with van der Waals surface area (Å²) in [6.45, 7) is 5.10. The normalized spacial score (nSPS) is 10.7. The highest BCUT2D eigenvalue weighted by atomic mass is 16.5. The molecule has 2 heterocycles. The highest BCUT2D eigenvalue weighted by Gasteiger charge is 2.05. The molecule has 6 heteroatoms. The minimum Gasteiger partial charge on any atom is -0.494 e. The molecule has 0 saturated carbocycles. The fraction of sp³-hybridized carbons (Fsp3) is 0.300. The second-order valence-electron chi connectivity index (χ2n) is 5.99. The van der Waals surface area contributed by atoms with Crippen LogP contribution in [-0.4, -0.2) is 35.1 Å². The Bertz CT molecular complexity index is 872. The lowest BCUT2D eigenvalue weighted by Gasteiger charge is -2.08. The quantitative estimate of drug-likeness (QED) is 0.676. The van der Waals surface area contributed by atoms with E-state index in [-0.39, 0.29) is 12.5 Å². The van der Waals surface area contributed by atoms with Gasteiger partial charge in [0, 0.05) is 25.4 Å². The van der Waals surface area contributed by atoms with Crippen LogP contribution in [0.2, 0.25) is 0 Å². The van der Waals surface area contributed by atoms with E-state index in [0.29, 0.717) is 25.3 Å². The Morgan fingerprint density at radius 1 is 1.15 bits per heavy atom. The van der Waals surface area contributed by atoms with E-state index in [9.17, 15) is 4.79 Å². The van der Waals surface area contributed by atoms with E-state index in [1.54, 1.807) is 12.1 Å². The van der Waals surface area contributed by atoms with E-state index in [0.717, 1.165) is 17.1 Å². The molecule has 1 N–H and O–H groups in total. The van der Waals surface area contributed by atoms with Crippen LogP contribution in [0.3, 0.4) is 0 Å². The summed E-state index contributed by atoms with van der Waals surface area (Å²) in [5.74, 6) is 1.27. The predicted octanol–water partition coefficient (Wildman–Crippen LogP) is 2.78. The molecule has 0 spiro atoms. The third kappa shape index (κ3) is 4.75. The molecule has 0 unspecified atom stereocenters. The molecule has 0 aliphatic rings. The molecule has 3 aromatic rings. The fourth-order valence-corrected chi connectivity index (χ4v) is 2.59. The van der Waals surface area contributed by atoms with Crippen molar-refractivity contribution in [2.45, 2.75) is 20.3 Å². The summed E-state index contributed by atoms with van der Waals surface area (Å²) in [4.78, 5) is 16.5. The average molecular weight is 353 g/mol. The first-order chi connectivity index (χ1) is 12.6. The lowest BCUT2D eigenvalue weighted by Crippen LogP contribution is -2.30. The van der Waals surface area contributed by atoms with Gasteiger partial charge in [0.1, 0.15) is 17.1 Å². The highest BCUT2D eigenvalue weighted by molar-refractivity contribution is 5.77. The third-order valence-corrected chi connectivity index (χ3v) is 3.87. The molecule has 0 saturated heterocycles. The van der Waals surface area contributed by atoms with Crippen LogP contribution in [0.25, 0.3) is 5.65 Å². The molecule has 26 heavy (non-hydrogen) atoms. The maximum atomic E-state index is 11.9. The molecule has 0 atom stereocenters. The van der Waals surface area contributed by atoms with E-state index >= 15 is 0 Å². The molecule has 6 nitrogen and oxygen atoms in total. The van der Waals surface area contributed by atoms with Crippen LogP contribution < -0.4 is 14.8 Å². The van der Waals surface area contributed by atoms with E-state index in [2.05, 4.69) is 10.3 Å². The van der Waals surface area contributed by atoms with Crippen LogP contribution >= 0.6 is 0 Å². The first kappa shape index (κ1) is 17.8. The summed E-state index contributed by atoms with van der Waals surface area (Å²) >= 11 is 0.